The Bertz CT molecular complexity index is 898. The molecule has 1 aromatic rings. The smallest absolute Gasteiger partial charge is 0.247 e. The van der Waals surface area contributed by atoms with E-state index in [4.69, 9.17) is 0 Å². The normalized spacial score (nSPS) is 24.6. The average molecular weight is 411 g/mol. The lowest BCUT2D eigenvalue weighted by Gasteiger charge is -2.47. The topological polar surface area (TPSA) is 86.8 Å². The van der Waals surface area contributed by atoms with E-state index < -0.39 is 33.2 Å². The van der Waals surface area contributed by atoms with Crippen molar-refractivity contribution in [1.29, 1.82) is 0 Å². The molecule has 1 aromatic carbocycles. The number of nitrogens with zero attached hydrogens (tertiary/aromatic N) is 2. The number of aryl methyl sites for hydroxylation is 1. The van der Waals surface area contributed by atoms with Gasteiger partial charge in [0.2, 0.25) is 21.8 Å². The van der Waals surface area contributed by atoms with E-state index in [0.29, 0.717) is 11.3 Å². The zero-order chi connectivity index (χ0) is 20.7. The van der Waals surface area contributed by atoms with Gasteiger partial charge in [0, 0.05) is 18.3 Å². The maximum absolute atomic E-state index is 13.6. The van der Waals surface area contributed by atoms with Gasteiger partial charge >= 0.3 is 0 Å². The number of amides is 2. The van der Waals surface area contributed by atoms with Gasteiger partial charge in [-0.15, -0.1) is 0 Å². The first-order valence-corrected chi connectivity index (χ1v) is 11.2. The predicted molar refractivity (Wildman–Crippen MR) is 104 cm³/mol. The number of carbonyl (C=O) groups excluding carboxylic acids is 2. The van der Waals surface area contributed by atoms with E-state index in [1.165, 1.54) is 23.1 Å². The molecule has 7 nitrogen and oxygen atoms in total. The first kappa shape index (κ1) is 20.7. The number of carbonyl (C=O) groups is 2. The highest BCUT2D eigenvalue weighted by molar-refractivity contribution is 7.88. The summed E-state index contributed by atoms with van der Waals surface area (Å²) in [4.78, 5) is 27.6. The number of anilines is 1. The molecule has 1 aliphatic carbocycles. The summed E-state index contributed by atoms with van der Waals surface area (Å²) in [5.41, 5.74) is -0.534. The molecule has 0 bridgehead atoms. The molecule has 2 fully saturated rings. The minimum Gasteiger partial charge on any atom is -0.351 e. The molecule has 0 spiro atoms. The lowest BCUT2D eigenvalue weighted by molar-refractivity contribution is -0.133. The van der Waals surface area contributed by atoms with Gasteiger partial charge in [-0.3, -0.25) is 14.5 Å². The van der Waals surface area contributed by atoms with E-state index in [-0.39, 0.29) is 19.1 Å². The van der Waals surface area contributed by atoms with Crippen LogP contribution in [0.15, 0.2) is 18.2 Å². The first-order chi connectivity index (χ1) is 13.0. The van der Waals surface area contributed by atoms with Crippen molar-refractivity contribution in [3.63, 3.8) is 0 Å². The van der Waals surface area contributed by atoms with Crippen LogP contribution in [0.3, 0.4) is 0 Å². The first-order valence-electron chi connectivity index (χ1n) is 9.37. The van der Waals surface area contributed by atoms with Crippen LogP contribution in [0, 0.1) is 12.7 Å². The second-order valence-electron chi connectivity index (χ2n) is 7.92. The Morgan fingerprint density at radius 1 is 1.29 bits per heavy atom. The number of nitrogens with one attached hydrogen (secondary N) is 1. The summed E-state index contributed by atoms with van der Waals surface area (Å²) in [6.07, 6.45) is 4.80. The van der Waals surface area contributed by atoms with Gasteiger partial charge in [0.15, 0.2) is 0 Å². The molecule has 154 valence electrons. The van der Waals surface area contributed by atoms with Crippen molar-refractivity contribution < 1.29 is 22.4 Å². The van der Waals surface area contributed by atoms with Crippen LogP contribution in [0.4, 0.5) is 10.1 Å². The van der Waals surface area contributed by atoms with Crippen molar-refractivity contribution in [2.24, 2.45) is 0 Å². The fourth-order valence-electron chi connectivity index (χ4n) is 4.06. The quantitative estimate of drug-likeness (QED) is 0.815. The summed E-state index contributed by atoms with van der Waals surface area (Å²) >= 11 is 0. The Kier molecular flexibility index (Phi) is 5.51. The SMILES string of the molecule is Cc1cc(F)ccc1N1C(=O)CN(S(C)(=O)=O)C[C@@]1(C)C(=O)NC1CCCC1. The van der Waals surface area contributed by atoms with Gasteiger partial charge in [-0.1, -0.05) is 12.8 Å². The van der Waals surface area contributed by atoms with E-state index in [1.807, 2.05) is 0 Å². The van der Waals surface area contributed by atoms with Crippen LogP contribution < -0.4 is 10.2 Å². The van der Waals surface area contributed by atoms with Gasteiger partial charge in [-0.05, 0) is 50.5 Å². The number of piperazine rings is 1. The lowest BCUT2D eigenvalue weighted by atomic mass is 9.93. The molecule has 2 amide bonds. The molecule has 1 aliphatic heterocycles. The van der Waals surface area contributed by atoms with Crippen molar-refractivity contribution in [3.8, 4) is 0 Å². The molecule has 3 rings (SSSR count). The minimum absolute atomic E-state index is 0.0178. The summed E-state index contributed by atoms with van der Waals surface area (Å²) in [6, 6.07) is 4.00. The second kappa shape index (κ2) is 7.44. The number of rotatable bonds is 4. The number of hydrogen-bond donors (Lipinski definition) is 1. The average Bonchev–Trinajstić information content (AvgIpc) is 3.08. The Labute approximate surface area is 164 Å². The van der Waals surface area contributed by atoms with Crippen LogP contribution in [-0.2, 0) is 19.6 Å². The highest BCUT2D eigenvalue weighted by Gasteiger charge is 2.51. The molecule has 1 saturated heterocycles. The fourth-order valence-corrected chi connectivity index (χ4v) is 4.89. The summed E-state index contributed by atoms with van der Waals surface area (Å²) < 4.78 is 38.8. The molecule has 0 radical (unpaired) electrons. The zero-order valence-electron chi connectivity index (χ0n) is 16.4. The molecule has 1 saturated carbocycles. The van der Waals surface area contributed by atoms with Crippen LogP contribution in [0.25, 0.3) is 0 Å². The summed E-state index contributed by atoms with van der Waals surface area (Å²) in [7, 11) is -3.67. The molecule has 28 heavy (non-hydrogen) atoms. The second-order valence-corrected chi connectivity index (χ2v) is 9.90. The molecule has 0 unspecified atom stereocenters. The van der Waals surface area contributed by atoms with Gasteiger partial charge < -0.3 is 5.32 Å². The number of sulfonamides is 1. The standard InChI is InChI=1S/C19H26FN3O4S/c1-13-10-14(20)8-9-16(13)23-17(24)11-22(28(3,26)27)12-19(23,2)18(25)21-15-6-4-5-7-15/h8-10,15H,4-7,11-12H2,1-3H3,(H,21,25)/t19-/m0/s1. The molecular weight excluding hydrogens is 385 g/mol. The third-order valence-electron chi connectivity index (χ3n) is 5.59. The zero-order valence-corrected chi connectivity index (χ0v) is 17.2. The summed E-state index contributed by atoms with van der Waals surface area (Å²) in [5.74, 6) is -1.36. The van der Waals surface area contributed by atoms with E-state index >= 15 is 0 Å². The number of benzene rings is 1. The Balaban J connectivity index is 2.03. The molecule has 1 heterocycles. The van der Waals surface area contributed by atoms with Gasteiger partial charge in [-0.25, -0.2) is 12.8 Å². The minimum atomic E-state index is -3.67. The molecule has 9 heteroatoms. The van der Waals surface area contributed by atoms with E-state index in [9.17, 15) is 22.4 Å². The fraction of sp³-hybridized carbons (Fsp3) is 0.579. The third kappa shape index (κ3) is 3.91. The van der Waals surface area contributed by atoms with Crippen LogP contribution in [0.2, 0.25) is 0 Å². The van der Waals surface area contributed by atoms with Crippen LogP contribution in [0.5, 0.6) is 0 Å². The van der Waals surface area contributed by atoms with Gasteiger partial charge in [0.1, 0.15) is 11.4 Å². The summed E-state index contributed by atoms with van der Waals surface area (Å²) in [5, 5.41) is 2.98. The molecular formula is C19H26FN3O4S. The largest absolute Gasteiger partial charge is 0.351 e. The molecule has 1 N–H and O–H groups in total. The molecule has 2 aliphatic rings. The number of halogens is 1. The van der Waals surface area contributed by atoms with Crippen LogP contribution in [-0.4, -0.2) is 55.5 Å². The van der Waals surface area contributed by atoms with Gasteiger partial charge in [-0.2, -0.15) is 4.31 Å². The van der Waals surface area contributed by atoms with E-state index in [0.717, 1.165) is 36.2 Å². The van der Waals surface area contributed by atoms with Crippen molar-refractivity contribution in [2.75, 3.05) is 24.2 Å². The van der Waals surface area contributed by atoms with Crippen molar-refractivity contribution in [3.05, 3.63) is 29.6 Å². The maximum Gasteiger partial charge on any atom is 0.247 e. The molecule has 1 atom stereocenters. The molecule has 0 aromatic heterocycles. The van der Waals surface area contributed by atoms with Gasteiger partial charge in [0.05, 0.1) is 12.8 Å². The van der Waals surface area contributed by atoms with E-state index in [1.54, 1.807) is 13.8 Å². The van der Waals surface area contributed by atoms with Crippen LogP contribution in [0.1, 0.15) is 38.2 Å². The van der Waals surface area contributed by atoms with Gasteiger partial charge in [0.25, 0.3) is 0 Å². The maximum atomic E-state index is 13.6. The third-order valence-corrected chi connectivity index (χ3v) is 6.78. The van der Waals surface area contributed by atoms with Crippen LogP contribution >= 0.6 is 0 Å². The lowest BCUT2D eigenvalue weighted by Crippen LogP contribution is -2.70. The van der Waals surface area contributed by atoms with E-state index in [2.05, 4.69) is 5.32 Å². The Hall–Kier alpha value is -2.00. The monoisotopic (exact) mass is 411 g/mol. The highest BCUT2D eigenvalue weighted by atomic mass is 32.2. The van der Waals surface area contributed by atoms with Crippen molar-refractivity contribution >= 4 is 27.5 Å². The summed E-state index contributed by atoms with van der Waals surface area (Å²) in [6.45, 7) is 2.70. The Morgan fingerprint density at radius 2 is 1.93 bits per heavy atom. The van der Waals surface area contributed by atoms with Crippen molar-refractivity contribution in [1.82, 2.24) is 9.62 Å². The Morgan fingerprint density at radius 3 is 2.50 bits per heavy atom. The predicted octanol–water partition coefficient (Wildman–Crippen LogP) is 1.56. The van der Waals surface area contributed by atoms with Crippen molar-refractivity contribution in [2.45, 2.75) is 51.1 Å². The number of hydrogen-bond acceptors (Lipinski definition) is 4. The highest BCUT2D eigenvalue weighted by Crippen LogP contribution is 2.33.